The number of hydrogen-bond donors (Lipinski definition) is 2. The van der Waals surface area contributed by atoms with E-state index in [0.29, 0.717) is 17.1 Å². The minimum absolute atomic E-state index is 0.0167. The van der Waals surface area contributed by atoms with Crippen LogP contribution in [0.5, 0.6) is 0 Å². The standard InChI is InChI=1S/C36H42N4O2S.CH2O2/c1-35(2,3)28-15-13-25(14-16-28)27-22-37-32(38-23-27)26-11-9-24(10-12-26)21-29(34(42)40-19-7-8-20-40)39-33(41)30-17-18-31(43-30)36(4,5)6;2-1-3/h9-18,22-23,29H,7-8,19-21H2,1-6H3,(H,39,41);1H,(H,2,3)/t29-;/m0./s1. The number of nitrogens with one attached hydrogen (secondary N) is 1. The lowest BCUT2D eigenvalue weighted by atomic mass is 9.86. The predicted molar refractivity (Wildman–Crippen MR) is 184 cm³/mol. The Kier molecular flexibility index (Phi) is 11.1. The summed E-state index contributed by atoms with van der Waals surface area (Å²) in [5.74, 6) is 0.431. The van der Waals surface area contributed by atoms with E-state index in [4.69, 9.17) is 9.90 Å². The van der Waals surface area contributed by atoms with Gasteiger partial charge in [-0.3, -0.25) is 14.4 Å². The number of rotatable bonds is 7. The lowest BCUT2D eigenvalue weighted by molar-refractivity contribution is -0.132. The molecule has 2 aromatic heterocycles. The summed E-state index contributed by atoms with van der Waals surface area (Å²) < 4.78 is 0. The molecular formula is C37H44N4O4S. The van der Waals surface area contributed by atoms with E-state index < -0.39 is 6.04 Å². The van der Waals surface area contributed by atoms with Crippen LogP contribution in [0.2, 0.25) is 0 Å². The smallest absolute Gasteiger partial charge is 0.290 e. The number of nitrogens with zero attached hydrogens (tertiary/aromatic N) is 3. The topological polar surface area (TPSA) is 112 Å². The molecule has 0 spiro atoms. The summed E-state index contributed by atoms with van der Waals surface area (Å²) in [7, 11) is 0. The van der Waals surface area contributed by atoms with Crippen molar-refractivity contribution in [2.45, 2.75) is 77.7 Å². The summed E-state index contributed by atoms with van der Waals surface area (Å²) in [6.45, 7) is 14.3. The first-order valence-electron chi connectivity index (χ1n) is 15.6. The molecule has 5 rings (SSSR count). The van der Waals surface area contributed by atoms with Gasteiger partial charge in [0, 0.05) is 47.9 Å². The van der Waals surface area contributed by atoms with Crippen molar-refractivity contribution in [2.75, 3.05) is 13.1 Å². The highest BCUT2D eigenvalue weighted by Crippen LogP contribution is 2.30. The summed E-state index contributed by atoms with van der Waals surface area (Å²) in [4.78, 5) is 48.0. The highest BCUT2D eigenvalue weighted by molar-refractivity contribution is 7.14. The van der Waals surface area contributed by atoms with Gasteiger partial charge in [0.25, 0.3) is 12.4 Å². The van der Waals surface area contributed by atoms with Gasteiger partial charge in [-0.25, -0.2) is 9.97 Å². The van der Waals surface area contributed by atoms with Crippen molar-refractivity contribution in [3.05, 3.63) is 93.9 Å². The molecule has 3 heterocycles. The monoisotopic (exact) mass is 640 g/mol. The SMILES string of the molecule is CC(C)(C)c1ccc(-c2cnc(-c3ccc(C[C@H](NC(=O)c4ccc(C(C)(C)C)s4)C(=O)N4CCCC4)cc3)nc2)cc1.O=CO. The molecule has 1 aliphatic rings. The molecule has 1 atom stereocenters. The number of carboxylic acid groups (broad SMARTS) is 1. The summed E-state index contributed by atoms with van der Waals surface area (Å²) >= 11 is 1.49. The molecule has 0 unspecified atom stereocenters. The Morgan fingerprint density at radius 3 is 1.93 bits per heavy atom. The third kappa shape index (κ3) is 8.88. The zero-order valence-electron chi connectivity index (χ0n) is 27.5. The molecule has 9 heteroatoms. The quantitative estimate of drug-likeness (QED) is 0.208. The van der Waals surface area contributed by atoms with Crippen molar-refractivity contribution in [3.8, 4) is 22.5 Å². The fourth-order valence-electron chi connectivity index (χ4n) is 5.26. The van der Waals surface area contributed by atoms with Crippen LogP contribution >= 0.6 is 11.3 Å². The van der Waals surface area contributed by atoms with Gasteiger partial charge in [-0.05, 0) is 52.5 Å². The van der Waals surface area contributed by atoms with Crippen molar-refractivity contribution in [1.82, 2.24) is 20.2 Å². The molecule has 46 heavy (non-hydrogen) atoms. The molecule has 0 saturated carbocycles. The van der Waals surface area contributed by atoms with E-state index in [9.17, 15) is 9.59 Å². The van der Waals surface area contributed by atoms with Crippen LogP contribution in [-0.2, 0) is 26.8 Å². The average Bonchev–Trinajstić information content (AvgIpc) is 3.75. The molecular weight excluding hydrogens is 596 g/mol. The van der Waals surface area contributed by atoms with E-state index in [1.807, 2.05) is 53.7 Å². The molecule has 8 nitrogen and oxygen atoms in total. The fourth-order valence-corrected chi connectivity index (χ4v) is 6.23. The minimum atomic E-state index is -0.628. The van der Waals surface area contributed by atoms with Crippen LogP contribution in [0.3, 0.4) is 0 Å². The number of benzene rings is 2. The van der Waals surface area contributed by atoms with Crippen LogP contribution in [0, 0.1) is 0 Å². The molecule has 0 radical (unpaired) electrons. The molecule has 1 aliphatic heterocycles. The Balaban J connectivity index is 0.00000154. The van der Waals surface area contributed by atoms with Crippen LogP contribution < -0.4 is 5.32 Å². The molecule has 242 valence electrons. The van der Waals surface area contributed by atoms with Gasteiger partial charge in [-0.1, -0.05) is 90.1 Å². The predicted octanol–water partition coefficient (Wildman–Crippen LogP) is 7.13. The van der Waals surface area contributed by atoms with Crippen molar-refractivity contribution in [3.63, 3.8) is 0 Å². The highest BCUT2D eigenvalue weighted by atomic mass is 32.1. The van der Waals surface area contributed by atoms with E-state index in [1.54, 1.807) is 0 Å². The maximum absolute atomic E-state index is 13.5. The van der Waals surface area contributed by atoms with E-state index in [2.05, 4.69) is 81.1 Å². The van der Waals surface area contributed by atoms with Crippen molar-refractivity contribution in [1.29, 1.82) is 0 Å². The largest absolute Gasteiger partial charge is 0.483 e. The molecule has 0 aliphatic carbocycles. The van der Waals surface area contributed by atoms with Crippen LogP contribution in [0.25, 0.3) is 22.5 Å². The summed E-state index contributed by atoms with van der Waals surface area (Å²) in [6.07, 6.45) is 6.14. The lowest BCUT2D eigenvalue weighted by Crippen LogP contribution is -2.48. The van der Waals surface area contributed by atoms with Gasteiger partial charge in [0.15, 0.2) is 5.82 Å². The van der Waals surface area contributed by atoms with E-state index in [-0.39, 0.29) is 29.1 Å². The van der Waals surface area contributed by atoms with Gasteiger partial charge in [-0.2, -0.15) is 0 Å². The molecule has 2 N–H and O–H groups in total. The van der Waals surface area contributed by atoms with E-state index >= 15 is 0 Å². The van der Waals surface area contributed by atoms with Gasteiger partial charge in [0.1, 0.15) is 6.04 Å². The third-order valence-electron chi connectivity index (χ3n) is 7.98. The first-order valence-corrected chi connectivity index (χ1v) is 16.4. The number of hydrogen-bond acceptors (Lipinski definition) is 6. The normalized spacial score (nSPS) is 13.8. The van der Waals surface area contributed by atoms with Gasteiger partial charge in [0.05, 0.1) is 4.88 Å². The number of likely N-dealkylation sites (tertiary alicyclic amines) is 1. The van der Waals surface area contributed by atoms with Gasteiger partial charge >= 0.3 is 0 Å². The second-order valence-electron chi connectivity index (χ2n) is 13.6. The zero-order valence-corrected chi connectivity index (χ0v) is 28.4. The molecule has 1 fully saturated rings. The number of thiophene rings is 1. The number of amides is 2. The molecule has 4 aromatic rings. The zero-order chi connectivity index (χ0) is 33.5. The third-order valence-corrected chi connectivity index (χ3v) is 9.49. The first-order chi connectivity index (χ1) is 21.8. The maximum atomic E-state index is 13.5. The fraction of sp³-hybridized carbons (Fsp3) is 0.378. The first kappa shape index (κ1) is 34.5. The van der Waals surface area contributed by atoms with E-state index in [1.165, 1.54) is 16.9 Å². The second kappa shape index (κ2) is 14.8. The minimum Gasteiger partial charge on any atom is -0.483 e. The van der Waals surface area contributed by atoms with Crippen molar-refractivity contribution < 1.29 is 19.5 Å². The lowest BCUT2D eigenvalue weighted by Gasteiger charge is -2.24. The van der Waals surface area contributed by atoms with Crippen molar-refractivity contribution >= 4 is 29.6 Å². The molecule has 2 amide bonds. The Morgan fingerprint density at radius 1 is 0.848 bits per heavy atom. The Hall–Kier alpha value is -4.37. The Labute approximate surface area is 275 Å². The maximum Gasteiger partial charge on any atom is 0.290 e. The Bertz CT molecular complexity index is 1610. The highest BCUT2D eigenvalue weighted by Gasteiger charge is 2.29. The van der Waals surface area contributed by atoms with Gasteiger partial charge in [0.2, 0.25) is 5.91 Å². The van der Waals surface area contributed by atoms with Crippen LogP contribution in [0.1, 0.15) is 80.1 Å². The number of aromatic nitrogens is 2. The van der Waals surface area contributed by atoms with Crippen LogP contribution in [-0.4, -0.2) is 57.4 Å². The summed E-state index contributed by atoms with van der Waals surface area (Å²) in [5, 5.41) is 9.95. The van der Waals surface area contributed by atoms with Crippen LogP contribution in [0.4, 0.5) is 0 Å². The van der Waals surface area contributed by atoms with Crippen molar-refractivity contribution in [2.24, 2.45) is 0 Å². The summed E-state index contributed by atoms with van der Waals surface area (Å²) in [6, 6.07) is 19.8. The van der Waals surface area contributed by atoms with Gasteiger partial charge in [-0.15, -0.1) is 11.3 Å². The number of carbonyl (C=O) groups excluding carboxylic acids is 2. The molecule has 1 saturated heterocycles. The number of carbonyl (C=O) groups is 3. The molecule has 2 aromatic carbocycles. The average molecular weight is 641 g/mol. The second-order valence-corrected chi connectivity index (χ2v) is 14.7. The summed E-state index contributed by atoms with van der Waals surface area (Å²) in [5.41, 5.74) is 5.30. The van der Waals surface area contributed by atoms with Gasteiger partial charge < -0.3 is 15.3 Å². The van der Waals surface area contributed by atoms with Crippen LogP contribution in [0.15, 0.2) is 73.1 Å². The molecule has 0 bridgehead atoms. The van der Waals surface area contributed by atoms with E-state index in [0.717, 1.165) is 53.1 Å². The Morgan fingerprint density at radius 2 is 1.41 bits per heavy atom.